The molecule has 4 heteroatoms. The molecule has 2 rings (SSSR count). The molecule has 0 aliphatic heterocycles. The molecule has 0 spiro atoms. The fourth-order valence-corrected chi connectivity index (χ4v) is 2.10. The molecule has 0 radical (unpaired) electrons. The number of hydrogen-bond donors (Lipinski definition) is 1. The van der Waals surface area contributed by atoms with Gasteiger partial charge in [0.2, 0.25) is 0 Å². The minimum atomic E-state index is -0.815. The topological polar surface area (TPSA) is 25.2 Å². The Morgan fingerprint density at radius 2 is 2.05 bits per heavy atom. The van der Waals surface area contributed by atoms with Crippen LogP contribution < -0.4 is 5.32 Å². The highest BCUT2D eigenvalue weighted by molar-refractivity contribution is 5.21. The Balaban J connectivity index is 2.07. The summed E-state index contributed by atoms with van der Waals surface area (Å²) in [6.45, 7) is 2.75. The first-order valence-corrected chi connectivity index (χ1v) is 6.41. The van der Waals surface area contributed by atoms with Gasteiger partial charge in [-0.15, -0.1) is 0 Å². The molecule has 0 aliphatic rings. The maximum atomic E-state index is 13.3. The van der Waals surface area contributed by atoms with Gasteiger partial charge in [0, 0.05) is 12.5 Å². The lowest BCUT2D eigenvalue weighted by Gasteiger charge is -2.18. The summed E-state index contributed by atoms with van der Waals surface area (Å²) in [5.74, 6) is -0.728. The minimum absolute atomic E-state index is 0.00907. The number of benzene rings is 1. The molecular formula is C15H17F2NO. The lowest BCUT2D eigenvalue weighted by atomic mass is 10.0. The second-order valence-electron chi connectivity index (χ2n) is 4.40. The van der Waals surface area contributed by atoms with E-state index in [1.807, 2.05) is 19.1 Å². The molecule has 1 aromatic heterocycles. The fraction of sp³-hybridized carbons (Fsp3) is 0.333. The normalized spacial score (nSPS) is 12.6. The summed E-state index contributed by atoms with van der Waals surface area (Å²) in [6, 6.07) is 7.79. The van der Waals surface area contributed by atoms with Crippen molar-refractivity contribution in [2.75, 3.05) is 6.54 Å². The summed E-state index contributed by atoms with van der Waals surface area (Å²) in [7, 11) is 0. The highest BCUT2D eigenvalue weighted by Crippen LogP contribution is 2.21. The first kappa shape index (κ1) is 13.7. The van der Waals surface area contributed by atoms with Crippen molar-refractivity contribution in [1.29, 1.82) is 0 Å². The number of nitrogens with one attached hydrogen (secondary N) is 1. The fourth-order valence-electron chi connectivity index (χ4n) is 2.10. The number of hydrogen-bond acceptors (Lipinski definition) is 2. The second-order valence-corrected chi connectivity index (χ2v) is 4.40. The van der Waals surface area contributed by atoms with E-state index in [4.69, 9.17) is 4.42 Å². The molecule has 2 aromatic rings. The number of rotatable bonds is 6. The van der Waals surface area contributed by atoms with Gasteiger partial charge < -0.3 is 9.73 Å². The van der Waals surface area contributed by atoms with Gasteiger partial charge in [0.05, 0.1) is 6.26 Å². The third kappa shape index (κ3) is 3.64. The van der Waals surface area contributed by atoms with Crippen LogP contribution in [0.3, 0.4) is 0 Å². The molecule has 1 atom stereocenters. The Bertz CT molecular complexity index is 511. The van der Waals surface area contributed by atoms with Gasteiger partial charge in [0.25, 0.3) is 0 Å². The maximum Gasteiger partial charge on any atom is 0.159 e. The predicted octanol–water partition coefficient (Wildman–Crippen LogP) is 3.84. The predicted molar refractivity (Wildman–Crippen MR) is 69.8 cm³/mol. The van der Waals surface area contributed by atoms with E-state index in [1.165, 1.54) is 12.1 Å². The number of halogens is 2. The molecule has 1 N–H and O–H groups in total. The van der Waals surface area contributed by atoms with E-state index in [9.17, 15) is 8.78 Å². The van der Waals surface area contributed by atoms with Crippen molar-refractivity contribution >= 4 is 0 Å². The van der Waals surface area contributed by atoms with Crippen LogP contribution in [-0.4, -0.2) is 6.54 Å². The molecule has 0 aliphatic carbocycles. The Morgan fingerprint density at radius 1 is 1.21 bits per heavy atom. The smallest absolute Gasteiger partial charge is 0.159 e. The Labute approximate surface area is 111 Å². The van der Waals surface area contributed by atoms with E-state index >= 15 is 0 Å². The Kier molecular flexibility index (Phi) is 4.68. The van der Waals surface area contributed by atoms with E-state index in [0.717, 1.165) is 30.7 Å². The maximum absolute atomic E-state index is 13.3. The van der Waals surface area contributed by atoms with Gasteiger partial charge in [-0.3, -0.25) is 0 Å². The molecule has 0 fully saturated rings. The van der Waals surface area contributed by atoms with Crippen LogP contribution in [0.1, 0.15) is 30.7 Å². The zero-order chi connectivity index (χ0) is 13.7. The van der Waals surface area contributed by atoms with Crippen LogP contribution >= 0.6 is 0 Å². The van der Waals surface area contributed by atoms with Crippen molar-refractivity contribution < 1.29 is 13.2 Å². The van der Waals surface area contributed by atoms with E-state index in [-0.39, 0.29) is 6.04 Å². The number of furan rings is 1. The second kappa shape index (κ2) is 6.48. The number of aryl methyl sites for hydroxylation is 1. The Hall–Kier alpha value is -1.68. The lowest BCUT2D eigenvalue weighted by molar-refractivity contribution is 0.454. The van der Waals surface area contributed by atoms with Crippen molar-refractivity contribution in [1.82, 2.24) is 5.32 Å². The van der Waals surface area contributed by atoms with Gasteiger partial charge in [-0.05, 0) is 42.8 Å². The van der Waals surface area contributed by atoms with Crippen LogP contribution in [0.4, 0.5) is 8.78 Å². The molecule has 0 saturated heterocycles. The average Bonchev–Trinajstić information content (AvgIpc) is 2.91. The molecule has 1 unspecified atom stereocenters. The van der Waals surface area contributed by atoms with Crippen molar-refractivity contribution in [3.63, 3.8) is 0 Å². The van der Waals surface area contributed by atoms with Crippen molar-refractivity contribution in [3.8, 4) is 0 Å². The summed E-state index contributed by atoms with van der Waals surface area (Å²) in [5.41, 5.74) is 0.757. The largest absolute Gasteiger partial charge is 0.469 e. The molecule has 0 amide bonds. The monoisotopic (exact) mass is 265 g/mol. The lowest BCUT2D eigenvalue weighted by Crippen LogP contribution is -2.21. The van der Waals surface area contributed by atoms with Gasteiger partial charge in [-0.1, -0.05) is 13.0 Å². The van der Waals surface area contributed by atoms with Crippen LogP contribution in [0.15, 0.2) is 41.0 Å². The highest BCUT2D eigenvalue weighted by Gasteiger charge is 2.13. The quantitative estimate of drug-likeness (QED) is 0.858. The van der Waals surface area contributed by atoms with Crippen molar-refractivity contribution in [2.24, 2.45) is 0 Å². The minimum Gasteiger partial charge on any atom is -0.469 e. The van der Waals surface area contributed by atoms with Crippen LogP contribution in [0, 0.1) is 11.6 Å². The SMILES string of the molecule is CCNC(CCc1ccco1)c1ccc(F)c(F)c1. The third-order valence-corrected chi connectivity index (χ3v) is 3.06. The average molecular weight is 265 g/mol. The van der Waals surface area contributed by atoms with Crippen LogP contribution in [0.2, 0.25) is 0 Å². The van der Waals surface area contributed by atoms with Crippen LogP contribution in [0.25, 0.3) is 0 Å². The van der Waals surface area contributed by atoms with Crippen molar-refractivity contribution in [2.45, 2.75) is 25.8 Å². The summed E-state index contributed by atoms with van der Waals surface area (Å²) in [5, 5.41) is 3.28. The molecule has 1 heterocycles. The third-order valence-electron chi connectivity index (χ3n) is 3.06. The molecule has 102 valence electrons. The van der Waals surface area contributed by atoms with E-state index in [0.29, 0.717) is 0 Å². The molecule has 2 nitrogen and oxygen atoms in total. The Morgan fingerprint density at radius 3 is 2.68 bits per heavy atom. The standard InChI is InChI=1S/C15H17F2NO/c1-2-18-15(8-6-12-4-3-9-19-12)11-5-7-13(16)14(17)10-11/h3-5,7,9-10,15,18H,2,6,8H2,1H3. The summed E-state index contributed by atoms with van der Waals surface area (Å²) >= 11 is 0. The summed E-state index contributed by atoms with van der Waals surface area (Å²) < 4.78 is 31.5. The van der Waals surface area contributed by atoms with E-state index < -0.39 is 11.6 Å². The molecule has 1 aromatic carbocycles. The zero-order valence-electron chi connectivity index (χ0n) is 10.8. The first-order chi connectivity index (χ1) is 9.20. The van der Waals surface area contributed by atoms with E-state index in [2.05, 4.69) is 5.32 Å². The van der Waals surface area contributed by atoms with Gasteiger partial charge in [0.15, 0.2) is 11.6 Å². The summed E-state index contributed by atoms with van der Waals surface area (Å²) in [4.78, 5) is 0. The van der Waals surface area contributed by atoms with E-state index in [1.54, 1.807) is 12.3 Å². The van der Waals surface area contributed by atoms with Crippen molar-refractivity contribution in [3.05, 3.63) is 59.6 Å². The van der Waals surface area contributed by atoms with Gasteiger partial charge >= 0.3 is 0 Å². The first-order valence-electron chi connectivity index (χ1n) is 6.41. The van der Waals surface area contributed by atoms with Gasteiger partial charge in [-0.25, -0.2) is 8.78 Å². The van der Waals surface area contributed by atoms with Crippen LogP contribution in [0.5, 0.6) is 0 Å². The molecular weight excluding hydrogens is 248 g/mol. The van der Waals surface area contributed by atoms with Gasteiger partial charge in [0.1, 0.15) is 5.76 Å². The highest BCUT2D eigenvalue weighted by atomic mass is 19.2. The zero-order valence-corrected chi connectivity index (χ0v) is 10.8. The molecule has 0 saturated carbocycles. The molecule has 0 bridgehead atoms. The van der Waals surface area contributed by atoms with Gasteiger partial charge in [-0.2, -0.15) is 0 Å². The summed E-state index contributed by atoms with van der Waals surface area (Å²) in [6.07, 6.45) is 3.16. The van der Waals surface area contributed by atoms with Crippen LogP contribution in [-0.2, 0) is 6.42 Å². The molecule has 19 heavy (non-hydrogen) atoms.